The Kier molecular flexibility index (Phi) is 7.05. The summed E-state index contributed by atoms with van der Waals surface area (Å²) in [5, 5.41) is 2.81. The summed E-state index contributed by atoms with van der Waals surface area (Å²) in [6.45, 7) is 2.02. The second kappa shape index (κ2) is 9.47. The summed E-state index contributed by atoms with van der Waals surface area (Å²) in [6.07, 6.45) is 0. The molecule has 0 fully saturated rings. The Bertz CT molecular complexity index is 807. The van der Waals surface area contributed by atoms with Crippen LogP contribution in [0.4, 0.5) is 5.69 Å². The van der Waals surface area contributed by atoms with E-state index in [1.807, 2.05) is 0 Å². The number of ether oxygens (including phenoxy) is 3. The second-order valence-corrected chi connectivity index (χ2v) is 5.66. The van der Waals surface area contributed by atoms with Crippen LogP contribution in [0.5, 0.6) is 17.2 Å². The lowest BCUT2D eigenvalue weighted by atomic mass is 10.2. The van der Waals surface area contributed by atoms with Crippen LogP contribution < -0.4 is 24.4 Å². The second-order valence-electron chi connectivity index (χ2n) is 5.66. The van der Waals surface area contributed by atoms with Crippen LogP contribution in [0.2, 0.25) is 0 Å². The largest absolute Gasteiger partial charge is 0.497 e. The molecule has 0 radical (unpaired) electrons. The van der Waals surface area contributed by atoms with Gasteiger partial charge in [0.15, 0.2) is 0 Å². The van der Waals surface area contributed by atoms with Crippen LogP contribution in [0.25, 0.3) is 0 Å². The standard InChI is InChI=1S/C20H24N2O5/c1-14(23)22(17-10-9-15(25-2)13-19(17)27-4)12-11-21-20(24)16-7-5-6-8-18(16)26-3/h5-10,13H,11-12H2,1-4H3,(H,21,24). The highest BCUT2D eigenvalue weighted by Crippen LogP contribution is 2.32. The SMILES string of the molecule is COc1ccc(N(CCNC(=O)c2ccccc2OC)C(C)=O)c(OC)c1. The van der Waals surface area contributed by atoms with Gasteiger partial charge in [-0.1, -0.05) is 12.1 Å². The van der Waals surface area contributed by atoms with E-state index in [1.165, 1.54) is 21.1 Å². The van der Waals surface area contributed by atoms with E-state index in [2.05, 4.69) is 5.32 Å². The highest BCUT2D eigenvalue weighted by atomic mass is 16.5. The van der Waals surface area contributed by atoms with Crippen molar-refractivity contribution in [3.05, 3.63) is 48.0 Å². The quantitative estimate of drug-likeness (QED) is 0.770. The maximum atomic E-state index is 12.4. The predicted molar refractivity (Wildman–Crippen MR) is 103 cm³/mol. The van der Waals surface area contributed by atoms with Gasteiger partial charge in [-0.15, -0.1) is 0 Å². The first-order valence-corrected chi connectivity index (χ1v) is 8.43. The Morgan fingerprint density at radius 1 is 0.963 bits per heavy atom. The number of hydrogen-bond donors (Lipinski definition) is 1. The highest BCUT2D eigenvalue weighted by Gasteiger charge is 2.18. The van der Waals surface area contributed by atoms with E-state index in [1.54, 1.807) is 54.5 Å². The zero-order valence-electron chi connectivity index (χ0n) is 15.9. The third-order valence-electron chi connectivity index (χ3n) is 4.03. The number of anilines is 1. The molecular weight excluding hydrogens is 348 g/mol. The minimum absolute atomic E-state index is 0.162. The molecule has 0 aliphatic carbocycles. The monoisotopic (exact) mass is 372 g/mol. The Morgan fingerprint density at radius 3 is 2.30 bits per heavy atom. The molecular formula is C20H24N2O5. The van der Waals surface area contributed by atoms with E-state index in [4.69, 9.17) is 14.2 Å². The van der Waals surface area contributed by atoms with Crippen molar-refractivity contribution < 1.29 is 23.8 Å². The summed E-state index contributed by atoms with van der Waals surface area (Å²) in [5.41, 5.74) is 1.05. The molecule has 144 valence electrons. The van der Waals surface area contributed by atoms with Crippen molar-refractivity contribution >= 4 is 17.5 Å². The van der Waals surface area contributed by atoms with Crippen LogP contribution in [0, 0.1) is 0 Å². The Hall–Kier alpha value is -3.22. The molecule has 0 aliphatic rings. The number of amides is 2. The molecule has 7 nitrogen and oxygen atoms in total. The lowest BCUT2D eigenvalue weighted by Gasteiger charge is -2.24. The fourth-order valence-corrected chi connectivity index (χ4v) is 2.66. The number of benzene rings is 2. The number of nitrogens with one attached hydrogen (secondary N) is 1. The number of hydrogen-bond acceptors (Lipinski definition) is 5. The molecule has 0 saturated heterocycles. The average molecular weight is 372 g/mol. The zero-order valence-corrected chi connectivity index (χ0v) is 15.9. The van der Waals surface area contributed by atoms with E-state index >= 15 is 0 Å². The van der Waals surface area contributed by atoms with Crippen molar-refractivity contribution in [1.29, 1.82) is 0 Å². The molecule has 0 spiro atoms. The molecule has 0 saturated carbocycles. The van der Waals surface area contributed by atoms with Crippen LogP contribution in [0.15, 0.2) is 42.5 Å². The summed E-state index contributed by atoms with van der Waals surface area (Å²) < 4.78 is 15.8. The van der Waals surface area contributed by atoms with Crippen molar-refractivity contribution in [2.24, 2.45) is 0 Å². The lowest BCUT2D eigenvalue weighted by molar-refractivity contribution is -0.116. The van der Waals surface area contributed by atoms with Gasteiger partial charge in [0.1, 0.15) is 17.2 Å². The van der Waals surface area contributed by atoms with Crippen LogP contribution in [-0.4, -0.2) is 46.2 Å². The molecule has 0 aromatic heterocycles. The first kappa shape index (κ1) is 20.1. The smallest absolute Gasteiger partial charge is 0.255 e. The van der Waals surface area contributed by atoms with Crippen LogP contribution >= 0.6 is 0 Å². The molecule has 2 aromatic rings. The number of para-hydroxylation sites is 1. The molecule has 0 bridgehead atoms. The maximum absolute atomic E-state index is 12.4. The minimum Gasteiger partial charge on any atom is -0.497 e. The summed E-state index contributed by atoms with van der Waals surface area (Å²) in [6, 6.07) is 12.2. The molecule has 0 atom stereocenters. The van der Waals surface area contributed by atoms with Crippen molar-refractivity contribution in [3.8, 4) is 17.2 Å². The molecule has 27 heavy (non-hydrogen) atoms. The maximum Gasteiger partial charge on any atom is 0.255 e. The van der Waals surface area contributed by atoms with Gasteiger partial charge < -0.3 is 24.4 Å². The molecule has 0 heterocycles. The summed E-state index contributed by atoms with van der Waals surface area (Å²) in [4.78, 5) is 26.0. The van der Waals surface area contributed by atoms with Crippen molar-refractivity contribution in [2.75, 3.05) is 39.3 Å². The third kappa shape index (κ3) is 4.91. The van der Waals surface area contributed by atoms with E-state index in [0.29, 0.717) is 35.0 Å². The number of carbonyl (C=O) groups is 2. The van der Waals surface area contributed by atoms with Gasteiger partial charge in [-0.25, -0.2) is 0 Å². The van der Waals surface area contributed by atoms with E-state index in [9.17, 15) is 9.59 Å². The van der Waals surface area contributed by atoms with E-state index in [0.717, 1.165) is 0 Å². The summed E-state index contributed by atoms with van der Waals surface area (Å²) in [7, 11) is 4.60. The first-order valence-electron chi connectivity index (χ1n) is 8.43. The predicted octanol–water partition coefficient (Wildman–Crippen LogP) is 2.50. The van der Waals surface area contributed by atoms with E-state index < -0.39 is 0 Å². The Balaban J connectivity index is 2.09. The third-order valence-corrected chi connectivity index (χ3v) is 4.03. The normalized spacial score (nSPS) is 10.1. The van der Waals surface area contributed by atoms with Gasteiger partial charge in [-0.2, -0.15) is 0 Å². The molecule has 1 N–H and O–H groups in total. The van der Waals surface area contributed by atoms with E-state index in [-0.39, 0.29) is 18.4 Å². The minimum atomic E-state index is -0.266. The van der Waals surface area contributed by atoms with Crippen LogP contribution in [0.1, 0.15) is 17.3 Å². The lowest BCUT2D eigenvalue weighted by Crippen LogP contribution is -2.37. The molecule has 2 rings (SSSR count). The number of nitrogens with zero attached hydrogens (tertiary/aromatic N) is 1. The van der Waals surface area contributed by atoms with Gasteiger partial charge >= 0.3 is 0 Å². The van der Waals surface area contributed by atoms with Gasteiger partial charge in [-0.05, 0) is 24.3 Å². The van der Waals surface area contributed by atoms with Gasteiger partial charge in [0.2, 0.25) is 5.91 Å². The number of methoxy groups -OCH3 is 3. The van der Waals surface area contributed by atoms with Crippen molar-refractivity contribution in [1.82, 2.24) is 5.32 Å². The van der Waals surface area contributed by atoms with Gasteiger partial charge in [0.05, 0.1) is 32.6 Å². The average Bonchev–Trinajstić information content (AvgIpc) is 2.70. The number of rotatable bonds is 8. The van der Waals surface area contributed by atoms with Crippen molar-refractivity contribution in [3.63, 3.8) is 0 Å². The molecule has 7 heteroatoms. The van der Waals surface area contributed by atoms with Gasteiger partial charge in [0.25, 0.3) is 5.91 Å². The molecule has 2 aromatic carbocycles. The van der Waals surface area contributed by atoms with Crippen LogP contribution in [0.3, 0.4) is 0 Å². The van der Waals surface area contributed by atoms with Crippen LogP contribution in [-0.2, 0) is 4.79 Å². The Labute approximate surface area is 158 Å². The molecule has 2 amide bonds. The topological polar surface area (TPSA) is 77.1 Å². The first-order chi connectivity index (χ1) is 13.0. The Morgan fingerprint density at radius 2 is 1.67 bits per heavy atom. The van der Waals surface area contributed by atoms with Gasteiger partial charge in [-0.3, -0.25) is 9.59 Å². The fourth-order valence-electron chi connectivity index (χ4n) is 2.66. The highest BCUT2D eigenvalue weighted by molar-refractivity contribution is 5.97. The zero-order chi connectivity index (χ0) is 19.8. The molecule has 0 unspecified atom stereocenters. The summed E-state index contributed by atoms with van der Waals surface area (Å²) in [5.74, 6) is 1.21. The summed E-state index contributed by atoms with van der Waals surface area (Å²) >= 11 is 0. The number of carbonyl (C=O) groups excluding carboxylic acids is 2. The fraction of sp³-hybridized carbons (Fsp3) is 0.300. The van der Waals surface area contributed by atoms with Crippen molar-refractivity contribution in [2.45, 2.75) is 6.92 Å². The molecule has 0 aliphatic heterocycles. The van der Waals surface area contributed by atoms with Gasteiger partial charge in [0, 0.05) is 26.1 Å².